The highest BCUT2D eigenvalue weighted by molar-refractivity contribution is 5.83. The van der Waals surface area contributed by atoms with E-state index in [-0.39, 0.29) is 17.6 Å². The molecule has 2 N–H and O–H groups in total. The van der Waals surface area contributed by atoms with Gasteiger partial charge in [-0.3, -0.25) is 4.79 Å². The molecular formula is C23H36O5. The molecule has 158 valence electrons. The highest BCUT2D eigenvalue weighted by Crippen LogP contribution is 2.33. The number of unbranched alkanes of at least 4 members (excludes halogenated alkanes) is 1. The molecule has 0 radical (unpaired) electrons. The summed E-state index contributed by atoms with van der Waals surface area (Å²) in [4.78, 5) is 23.4. The Morgan fingerprint density at radius 1 is 1.39 bits per heavy atom. The summed E-state index contributed by atoms with van der Waals surface area (Å²) in [5.74, 6) is -0.189. The molecule has 1 fully saturated rings. The van der Waals surface area contributed by atoms with Gasteiger partial charge in [-0.15, -0.1) is 6.58 Å². The van der Waals surface area contributed by atoms with Crippen LogP contribution in [0.15, 0.2) is 37.0 Å². The third-order valence-electron chi connectivity index (χ3n) is 5.49. The van der Waals surface area contributed by atoms with Gasteiger partial charge in [0.05, 0.1) is 12.7 Å². The normalized spacial score (nSPS) is 23.2. The predicted octanol–water partition coefficient (Wildman–Crippen LogP) is 3.90. The first-order chi connectivity index (χ1) is 13.4. The first-order valence-corrected chi connectivity index (χ1v) is 10.3. The Bertz CT molecular complexity index is 565. The van der Waals surface area contributed by atoms with Crippen molar-refractivity contribution in [2.75, 3.05) is 7.11 Å². The second-order valence-electron chi connectivity index (χ2n) is 7.64. The molecular weight excluding hydrogens is 356 g/mol. The maximum Gasteiger partial charge on any atom is 0.334 e. The molecule has 0 aromatic rings. The van der Waals surface area contributed by atoms with E-state index in [4.69, 9.17) is 0 Å². The Hall–Kier alpha value is -1.72. The average Bonchev–Trinajstić information content (AvgIpc) is 3.05. The summed E-state index contributed by atoms with van der Waals surface area (Å²) in [7, 11) is 1.25. The first kappa shape index (κ1) is 24.3. The van der Waals surface area contributed by atoms with E-state index in [2.05, 4.69) is 24.3 Å². The summed E-state index contributed by atoms with van der Waals surface area (Å²) in [5, 5.41) is 20.1. The van der Waals surface area contributed by atoms with Gasteiger partial charge in [0.25, 0.3) is 0 Å². The number of esters is 1. The van der Waals surface area contributed by atoms with Crippen molar-refractivity contribution in [3.8, 4) is 0 Å². The van der Waals surface area contributed by atoms with Crippen LogP contribution in [0.4, 0.5) is 0 Å². The summed E-state index contributed by atoms with van der Waals surface area (Å²) in [6.07, 6.45) is 14.6. The maximum atomic E-state index is 12.2. The van der Waals surface area contributed by atoms with Gasteiger partial charge < -0.3 is 14.9 Å². The lowest BCUT2D eigenvalue weighted by molar-refractivity contribution is -0.150. The van der Waals surface area contributed by atoms with Gasteiger partial charge in [-0.2, -0.15) is 0 Å². The monoisotopic (exact) mass is 392 g/mol. The molecule has 1 aliphatic rings. The average molecular weight is 393 g/mol. The minimum Gasteiger partial charge on any atom is -0.467 e. The van der Waals surface area contributed by atoms with Gasteiger partial charge in [0, 0.05) is 12.3 Å². The third-order valence-corrected chi connectivity index (χ3v) is 5.49. The molecule has 1 aliphatic carbocycles. The SMILES string of the molecule is C=CC(O)(CC=C[C@H]1CCC(=O)[C@@H]1CC=CCCC(O)C(=O)OC)CCCC. The summed E-state index contributed by atoms with van der Waals surface area (Å²) < 4.78 is 4.48. The fourth-order valence-electron chi connectivity index (χ4n) is 3.56. The molecule has 5 heteroatoms. The Labute approximate surface area is 169 Å². The van der Waals surface area contributed by atoms with E-state index in [0.29, 0.717) is 38.5 Å². The van der Waals surface area contributed by atoms with Crippen molar-refractivity contribution in [3.05, 3.63) is 37.0 Å². The number of Topliss-reactive ketones (excluding diaryl/α,β-unsaturated/α-hetero) is 1. The van der Waals surface area contributed by atoms with E-state index in [1.165, 1.54) is 7.11 Å². The number of aliphatic hydroxyl groups excluding tert-OH is 1. The van der Waals surface area contributed by atoms with Crippen LogP contribution in [0, 0.1) is 11.8 Å². The van der Waals surface area contributed by atoms with Gasteiger partial charge in [0.1, 0.15) is 5.78 Å². The van der Waals surface area contributed by atoms with Crippen LogP contribution in [-0.2, 0) is 14.3 Å². The number of rotatable bonds is 13. The van der Waals surface area contributed by atoms with E-state index in [0.717, 1.165) is 19.3 Å². The number of ketones is 1. The van der Waals surface area contributed by atoms with Crippen molar-refractivity contribution in [2.45, 2.75) is 76.4 Å². The fraction of sp³-hybridized carbons (Fsp3) is 0.652. The molecule has 28 heavy (non-hydrogen) atoms. The van der Waals surface area contributed by atoms with Gasteiger partial charge in [-0.25, -0.2) is 4.79 Å². The van der Waals surface area contributed by atoms with Gasteiger partial charge in [-0.05, 0) is 44.4 Å². The number of methoxy groups -OCH3 is 1. The zero-order valence-corrected chi connectivity index (χ0v) is 17.3. The molecule has 0 aromatic heterocycles. The number of hydrogen-bond acceptors (Lipinski definition) is 5. The Morgan fingerprint density at radius 3 is 2.79 bits per heavy atom. The number of carbonyl (C=O) groups excluding carboxylic acids is 2. The second kappa shape index (κ2) is 12.7. The molecule has 2 unspecified atom stereocenters. The van der Waals surface area contributed by atoms with Crippen LogP contribution in [0.25, 0.3) is 0 Å². The highest BCUT2D eigenvalue weighted by Gasteiger charge is 2.32. The number of carbonyl (C=O) groups is 2. The fourth-order valence-corrected chi connectivity index (χ4v) is 3.56. The van der Waals surface area contributed by atoms with Crippen LogP contribution in [0.5, 0.6) is 0 Å². The van der Waals surface area contributed by atoms with Crippen molar-refractivity contribution in [2.24, 2.45) is 11.8 Å². The van der Waals surface area contributed by atoms with Crippen LogP contribution in [0.2, 0.25) is 0 Å². The quantitative estimate of drug-likeness (QED) is 0.367. The Balaban J connectivity index is 2.50. The summed E-state index contributed by atoms with van der Waals surface area (Å²) >= 11 is 0. The highest BCUT2D eigenvalue weighted by atomic mass is 16.5. The van der Waals surface area contributed by atoms with Crippen LogP contribution >= 0.6 is 0 Å². The van der Waals surface area contributed by atoms with Crippen molar-refractivity contribution >= 4 is 11.8 Å². The van der Waals surface area contributed by atoms with Gasteiger partial charge >= 0.3 is 5.97 Å². The maximum absolute atomic E-state index is 12.2. The van der Waals surface area contributed by atoms with Crippen molar-refractivity contribution in [1.82, 2.24) is 0 Å². The van der Waals surface area contributed by atoms with Crippen molar-refractivity contribution in [1.29, 1.82) is 0 Å². The first-order valence-electron chi connectivity index (χ1n) is 10.3. The second-order valence-corrected chi connectivity index (χ2v) is 7.64. The van der Waals surface area contributed by atoms with E-state index in [9.17, 15) is 19.8 Å². The molecule has 0 saturated heterocycles. The third kappa shape index (κ3) is 8.11. The van der Waals surface area contributed by atoms with Gasteiger partial charge in [0.2, 0.25) is 0 Å². The smallest absolute Gasteiger partial charge is 0.334 e. The Morgan fingerprint density at radius 2 is 2.14 bits per heavy atom. The molecule has 5 nitrogen and oxygen atoms in total. The minimum atomic E-state index is -1.10. The van der Waals surface area contributed by atoms with E-state index >= 15 is 0 Å². The van der Waals surface area contributed by atoms with Crippen LogP contribution in [0.3, 0.4) is 0 Å². The zero-order valence-electron chi connectivity index (χ0n) is 17.3. The molecule has 0 bridgehead atoms. The van der Waals surface area contributed by atoms with Crippen LogP contribution in [0.1, 0.15) is 64.7 Å². The van der Waals surface area contributed by atoms with Gasteiger partial charge in [-0.1, -0.05) is 50.1 Å². The number of hydrogen-bond donors (Lipinski definition) is 2. The summed E-state index contributed by atoms with van der Waals surface area (Å²) in [5.41, 5.74) is -0.870. The number of aliphatic hydroxyl groups is 2. The molecule has 1 saturated carbocycles. The van der Waals surface area contributed by atoms with Crippen LogP contribution in [-0.4, -0.2) is 40.8 Å². The predicted molar refractivity (Wildman–Crippen MR) is 111 cm³/mol. The number of allylic oxidation sites excluding steroid dienone is 3. The summed E-state index contributed by atoms with van der Waals surface area (Å²) in [6.45, 7) is 5.85. The lowest BCUT2D eigenvalue weighted by Crippen LogP contribution is -2.24. The molecule has 1 rings (SSSR count). The topological polar surface area (TPSA) is 83.8 Å². The lowest BCUT2D eigenvalue weighted by atomic mass is 9.89. The molecule has 0 aromatic carbocycles. The molecule has 0 aliphatic heterocycles. The molecule has 4 atom stereocenters. The van der Waals surface area contributed by atoms with E-state index in [1.54, 1.807) is 6.08 Å². The molecule has 0 heterocycles. The van der Waals surface area contributed by atoms with Crippen molar-refractivity contribution in [3.63, 3.8) is 0 Å². The van der Waals surface area contributed by atoms with Crippen molar-refractivity contribution < 1.29 is 24.5 Å². The van der Waals surface area contributed by atoms with Crippen LogP contribution < -0.4 is 0 Å². The van der Waals surface area contributed by atoms with E-state index < -0.39 is 17.7 Å². The lowest BCUT2D eigenvalue weighted by Gasteiger charge is -2.22. The summed E-state index contributed by atoms with van der Waals surface area (Å²) in [6, 6.07) is 0. The standard InChI is InChI=1S/C23H36O5/c1-4-6-16-23(27,5-2)17-10-11-18-14-15-20(24)19(18)12-8-7-9-13-21(25)22(26)28-3/h5,7-8,10-11,18-19,21,25,27H,2,4,6,9,12-17H2,1,3H3/t18-,19+,21?,23?/m0/s1. The molecule has 0 amide bonds. The molecule has 0 spiro atoms. The minimum absolute atomic E-state index is 0.0366. The Kier molecular flexibility index (Phi) is 11.0. The number of ether oxygens (including phenoxy) is 1. The zero-order chi connectivity index (χ0) is 21.0. The van der Waals surface area contributed by atoms with E-state index in [1.807, 2.05) is 18.2 Å². The van der Waals surface area contributed by atoms with Gasteiger partial charge in [0.15, 0.2) is 6.10 Å². The largest absolute Gasteiger partial charge is 0.467 e.